The Balaban J connectivity index is 1.96. The molecule has 1 atom stereocenters. The largest absolute Gasteiger partial charge is 0.324 e. The monoisotopic (exact) mass is 475 g/mol. The molecule has 0 bridgehead atoms. The average molecular weight is 476 g/mol. The summed E-state index contributed by atoms with van der Waals surface area (Å²) >= 11 is 1.12. The number of sulfonamides is 1. The first-order chi connectivity index (χ1) is 14.9. The molecule has 2 aromatic carbocycles. The zero-order valence-electron chi connectivity index (χ0n) is 19.2. The molecular weight excluding hydrogens is 446 g/mol. The predicted molar refractivity (Wildman–Crippen MR) is 132 cm³/mol. The Morgan fingerprint density at radius 1 is 1.12 bits per heavy atom. The second kappa shape index (κ2) is 9.07. The molecular formula is C23H29N3O4S2. The van der Waals surface area contributed by atoms with Gasteiger partial charge in [0.25, 0.3) is 0 Å². The zero-order chi connectivity index (χ0) is 23.8. The molecule has 172 valence electrons. The van der Waals surface area contributed by atoms with Gasteiger partial charge in [-0.2, -0.15) is 0 Å². The van der Waals surface area contributed by atoms with Crippen molar-refractivity contribution in [3.8, 4) is 0 Å². The molecule has 1 unspecified atom stereocenters. The Kier molecular flexibility index (Phi) is 6.80. The van der Waals surface area contributed by atoms with Crippen molar-refractivity contribution < 1.29 is 13.2 Å². The van der Waals surface area contributed by atoms with Gasteiger partial charge in [0, 0.05) is 11.7 Å². The second-order valence-electron chi connectivity index (χ2n) is 8.25. The first-order valence-electron chi connectivity index (χ1n) is 10.5. The number of hydrogen-bond acceptors (Lipinski definition) is 5. The highest BCUT2D eigenvalue weighted by atomic mass is 32.2. The number of hydrogen-bond donors (Lipinski definition) is 1. The Labute approximate surface area is 192 Å². The van der Waals surface area contributed by atoms with Crippen LogP contribution in [0.4, 0.5) is 11.4 Å². The summed E-state index contributed by atoms with van der Waals surface area (Å²) in [7, 11) is -3.71. The van der Waals surface area contributed by atoms with Crippen LogP contribution in [0, 0.1) is 13.8 Å². The van der Waals surface area contributed by atoms with E-state index >= 15 is 0 Å². The van der Waals surface area contributed by atoms with Gasteiger partial charge in [0.15, 0.2) is 0 Å². The van der Waals surface area contributed by atoms with Crippen molar-refractivity contribution in [2.75, 3.05) is 15.9 Å². The van der Waals surface area contributed by atoms with Crippen LogP contribution in [0.25, 0.3) is 10.2 Å². The van der Waals surface area contributed by atoms with Gasteiger partial charge in [-0.25, -0.2) is 8.42 Å². The Morgan fingerprint density at radius 3 is 2.38 bits per heavy atom. The van der Waals surface area contributed by atoms with Crippen LogP contribution in [0.5, 0.6) is 0 Å². The molecule has 0 saturated carbocycles. The van der Waals surface area contributed by atoms with Crippen LogP contribution in [0.1, 0.15) is 44.4 Å². The van der Waals surface area contributed by atoms with E-state index in [0.717, 1.165) is 38.9 Å². The standard InChI is InChI=1S/C23H29N3O4S2/c1-7-19(26(32(6,29)30)18-10-8-15(4)16(5)12-18)22(27)24-17-9-11-20-21(13-17)31-23(28)25(20)14(2)3/h8-14,19H,7H2,1-6H3,(H,24,27). The average Bonchev–Trinajstić information content (AvgIpc) is 3.02. The first kappa shape index (κ1) is 24.0. The van der Waals surface area contributed by atoms with Gasteiger partial charge in [0.2, 0.25) is 15.9 Å². The molecule has 7 nitrogen and oxygen atoms in total. The van der Waals surface area contributed by atoms with Crippen molar-refractivity contribution in [1.29, 1.82) is 0 Å². The predicted octanol–water partition coefficient (Wildman–Crippen LogP) is 4.44. The van der Waals surface area contributed by atoms with Gasteiger partial charge in [-0.15, -0.1) is 0 Å². The van der Waals surface area contributed by atoms with Gasteiger partial charge >= 0.3 is 4.87 Å². The van der Waals surface area contributed by atoms with Gasteiger partial charge in [0.1, 0.15) is 6.04 Å². The third-order valence-corrected chi connectivity index (χ3v) is 7.57. The summed E-state index contributed by atoms with van der Waals surface area (Å²) in [5, 5.41) is 2.84. The third-order valence-electron chi connectivity index (χ3n) is 5.47. The van der Waals surface area contributed by atoms with Crippen molar-refractivity contribution >= 4 is 48.9 Å². The molecule has 1 heterocycles. The summed E-state index contributed by atoms with van der Waals surface area (Å²) in [4.78, 5) is 25.4. The number of nitrogens with zero attached hydrogens (tertiary/aromatic N) is 2. The third kappa shape index (κ3) is 4.73. The number of rotatable bonds is 7. The molecule has 0 saturated heterocycles. The number of amides is 1. The number of carbonyl (C=O) groups is 1. The van der Waals surface area contributed by atoms with E-state index in [1.807, 2.05) is 39.8 Å². The molecule has 3 rings (SSSR count). The van der Waals surface area contributed by atoms with Crippen molar-refractivity contribution in [3.63, 3.8) is 0 Å². The SMILES string of the molecule is CCC(C(=O)Nc1ccc2c(c1)sc(=O)n2C(C)C)N(c1ccc(C)c(C)c1)S(C)(=O)=O. The number of benzene rings is 2. The fraction of sp³-hybridized carbons (Fsp3) is 0.391. The Bertz CT molecular complexity index is 1320. The summed E-state index contributed by atoms with van der Waals surface area (Å²) in [6.45, 7) is 9.53. The number of aryl methyl sites for hydroxylation is 2. The maximum atomic E-state index is 13.2. The molecule has 0 aliphatic carbocycles. The van der Waals surface area contributed by atoms with Crippen molar-refractivity contribution in [2.45, 2.75) is 53.1 Å². The lowest BCUT2D eigenvalue weighted by molar-refractivity contribution is -0.117. The molecule has 32 heavy (non-hydrogen) atoms. The van der Waals surface area contributed by atoms with Crippen molar-refractivity contribution in [1.82, 2.24) is 4.57 Å². The number of carbonyl (C=O) groups excluding carboxylic acids is 1. The molecule has 0 radical (unpaired) electrons. The van der Waals surface area contributed by atoms with Crippen LogP contribution >= 0.6 is 11.3 Å². The lowest BCUT2D eigenvalue weighted by Gasteiger charge is -2.30. The van der Waals surface area contributed by atoms with Crippen LogP contribution in [-0.2, 0) is 14.8 Å². The van der Waals surface area contributed by atoms with Gasteiger partial charge in [-0.05, 0) is 75.6 Å². The van der Waals surface area contributed by atoms with E-state index < -0.39 is 22.0 Å². The normalized spacial score (nSPS) is 12.8. The Morgan fingerprint density at radius 2 is 1.81 bits per heavy atom. The minimum atomic E-state index is -3.71. The molecule has 0 fully saturated rings. The number of fused-ring (bicyclic) bond motifs is 1. The van der Waals surface area contributed by atoms with Crippen LogP contribution in [0.3, 0.4) is 0 Å². The summed E-state index contributed by atoms with van der Waals surface area (Å²) in [5.41, 5.74) is 3.78. The zero-order valence-corrected chi connectivity index (χ0v) is 20.8. The highest BCUT2D eigenvalue weighted by Crippen LogP contribution is 2.27. The summed E-state index contributed by atoms with van der Waals surface area (Å²) < 4.78 is 29.0. The van der Waals surface area contributed by atoms with Crippen LogP contribution in [0.15, 0.2) is 41.2 Å². The maximum absolute atomic E-state index is 13.2. The number of thiazole rings is 1. The molecule has 9 heteroatoms. The lowest BCUT2D eigenvalue weighted by Crippen LogP contribution is -2.47. The fourth-order valence-electron chi connectivity index (χ4n) is 3.75. The molecule has 1 aromatic heterocycles. The smallest absolute Gasteiger partial charge is 0.308 e. The van der Waals surface area contributed by atoms with Gasteiger partial charge in [-0.3, -0.25) is 18.5 Å². The van der Waals surface area contributed by atoms with E-state index in [1.165, 1.54) is 4.31 Å². The second-order valence-corrected chi connectivity index (χ2v) is 11.1. The quantitative estimate of drug-likeness (QED) is 0.547. The van der Waals surface area contributed by atoms with E-state index in [9.17, 15) is 18.0 Å². The number of aromatic nitrogens is 1. The van der Waals surface area contributed by atoms with Gasteiger partial charge in [0.05, 0.1) is 22.2 Å². The molecule has 0 spiro atoms. The molecule has 0 aliphatic rings. The highest BCUT2D eigenvalue weighted by molar-refractivity contribution is 7.92. The molecule has 1 amide bonds. The maximum Gasteiger partial charge on any atom is 0.308 e. The van der Waals surface area contributed by atoms with Gasteiger partial charge < -0.3 is 5.32 Å². The Hall–Kier alpha value is -2.65. The van der Waals surface area contributed by atoms with Crippen LogP contribution < -0.4 is 14.5 Å². The van der Waals surface area contributed by atoms with Gasteiger partial charge in [-0.1, -0.05) is 24.3 Å². The summed E-state index contributed by atoms with van der Waals surface area (Å²) in [6.07, 6.45) is 1.40. The summed E-state index contributed by atoms with van der Waals surface area (Å²) in [6, 6.07) is 9.76. The van der Waals surface area contributed by atoms with Crippen molar-refractivity contribution in [2.24, 2.45) is 0 Å². The molecule has 3 aromatic rings. The van der Waals surface area contributed by atoms with Crippen molar-refractivity contribution in [3.05, 3.63) is 57.2 Å². The minimum Gasteiger partial charge on any atom is -0.324 e. The van der Waals surface area contributed by atoms with Crippen LogP contribution in [0.2, 0.25) is 0 Å². The van der Waals surface area contributed by atoms with E-state index in [2.05, 4.69) is 5.32 Å². The highest BCUT2D eigenvalue weighted by Gasteiger charge is 2.31. The molecule has 0 aliphatic heterocycles. The number of anilines is 2. The number of nitrogens with one attached hydrogen (secondary N) is 1. The lowest BCUT2D eigenvalue weighted by atomic mass is 10.1. The fourth-order valence-corrected chi connectivity index (χ4v) is 6.01. The van der Waals surface area contributed by atoms with E-state index in [-0.39, 0.29) is 10.9 Å². The van der Waals surface area contributed by atoms with Crippen LogP contribution in [-0.4, -0.2) is 31.2 Å². The molecule has 1 N–H and O–H groups in total. The van der Waals surface area contributed by atoms with E-state index in [1.54, 1.807) is 35.8 Å². The summed E-state index contributed by atoms with van der Waals surface area (Å²) in [5.74, 6) is -0.425. The van der Waals surface area contributed by atoms with E-state index in [0.29, 0.717) is 17.8 Å². The topological polar surface area (TPSA) is 88.5 Å². The first-order valence-corrected chi connectivity index (χ1v) is 13.1. The minimum absolute atomic E-state index is 0.0300. The van der Waals surface area contributed by atoms with E-state index in [4.69, 9.17) is 0 Å².